The molecule has 8 heteroatoms. The number of carbonyl (C=O) groups excluding carboxylic acids is 1. The van der Waals surface area contributed by atoms with Gasteiger partial charge in [-0.3, -0.25) is 4.79 Å². The van der Waals surface area contributed by atoms with Crippen molar-refractivity contribution >= 4 is 17.7 Å². The highest BCUT2D eigenvalue weighted by Gasteiger charge is 2.25. The highest BCUT2D eigenvalue weighted by Crippen LogP contribution is 2.21. The Morgan fingerprint density at radius 2 is 1.76 bits per heavy atom. The minimum Gasteiger partial charge on any atom is -0.481 e. The molecule has 0 saturated carbocycles. The van der Waals surface area contributed by atoms with E-state index in [1.165, 1.54) is 12.2 Å². The average molecular weight is 300 g/mol. The third kappa shape index (κ3) is 3.53. The number of halogens is 3. The summed E-state index contributed by atoms with van der Waals surface area (Å²) in [5.41, 5.74) is -0.773. The van der Waals surface area contributed by atoms with Gasteiger partial charge >= 0.3 is 12.0 Å². The molecule has 0 heterocycles. The predicted molar refractivity (Wildman–Crippen MR) is 67.1 cm³/mol. The van der Waals surface area contributed by atoms with Crippen LogP contribution in [0.4, 0.5) is 23.7 Å². The minimum atomic E-state index is -1.24. The van der Waals surface area contributed by atoms with Crippen molar-refractivity contribution in [2.75, 3.05) is 5.32 Å². The summed E-state index contributed by atoms with van der Waals surface area (Å²) in [6.45, 7) is 0. The van der Waals surface area contributed by atoms with Gasteiger partial charge < -0.3 is 15.7 Å². The van der Waals surface area contributed by atoms with Gasteiger partial charge in [0.05, 0.1) is 12.0 Å². The number of anilines is 1. The first kappa shape index (κ1) is 14.9. The van der Waals surface area contributed by atoms with E-state index in [0.29, 0.717) is 12.1 Å². The number of aliphatic carboxylic acids is 1. The van der Waals surface area contributed by atoms with Crippen molar-refractivity contribution in [2.24, 2.45) is 5.92 Å². The topological polar surface area (TPSA) is 78.4 Å². The Labute approximate surface area is 117 Å². The Hall–Kier alpha value is -2.51. The molecule has 112 valence electrons. The van der Waals surface area contributed by atoms with Gasteiger partial charge in [0.25, 0.3) is 0 Å². The predicted octanol–water partition coefficient (Wildman–Crippen LogP) is 2.25. The number of hydrogen-bond acceptors (Lipinski definition) is 2. The van der Waals surface area contributed by atoms with Crippen LogP contribution in [0.2, 0.25) is 0 Å². The minimum absolute atomic E-state index is 0.150. The summed E-state index contributed by atoms with van der Waals surface area (Å²) in [4.78, 5) is 22.3. The molecule has 0 aliphatic heterocycles. The lowest BCUT2D eigenvalue weighted by Gasteiger charge is -2.14. The van der Waals surface area contributed by atoms with Gasteiger partial charge in [0.15, 0.2) is 11.6 Å². The summed E-state index contributed by atoms with van der Waals surface area (Å²) in [6.07, 6.45) is 3.05. The maximum Gasteiger partial charge on any atom is 0.319 e. The molecule has 0 spiro atoms. The number of rotatable bonds is 3. The largest absolute Gasteiger partial charge is 0.481 e. The van der Waals surface area contributed by atoms with Crippen molar-refractivity contribution in [1.82, 2.24) is 5.32 Å². The number of hydrogen-bond donors (Lipinski definition) is 3. The van der Waals surface area contributed by atoms with Crippen LogP contribution in [0, 0.1) is 23.4 Å². The molecule has 0 saturated heterocycles. The first-order chi connectivity index (χ1) is 9.86. The lowest BCUT2D eigenvalue weighted by Crippen LogP contribution is -2.37. The monoisotopic (exact) mass is 300 g/mol. The van der Waals surface area contributed by atoms with Crippen molar-refractivity contribution in [1.29, 1.82) is 0 Å². The first-order valence-corrected chi connectivity index (χ1v) is 6.00. The van der Waals surface area contributed by atoms with E-state index in [4.69, 9.17) is 5.11 Å². The Bertz CT molecular complexity index is 596. The van der Waals surface area contributed by atoms with Crippen LogP contribution in [-0.4, -0.2) is 23.1 Å². The molecule has 1 aliphatic rings. The molecular weight excluding hydrogens is 289 g/mol. The molecule has 5 nitrogen and oxygen atoms in total. The van der Waals surface area contributed by atoms with Crippen molar-refractivity contribution in [3.63, 3.8) is 0 Å². The summed E-state index contributed by atoms with van der Waals surface area (Å²) in [7, 11) is 0. The van der Waals surface area contributed by atoms with Crippen LogP contribution in [0.1, 0.15) is 6.42 Å². The Balaban J connectivity index is 1.98. The fourth-order valence-electron chi connectivity index (χ4n) is 1.97. The smallest absolute Gasteiger partial charge is 0.319 e. The zero-order valence-electron chi connectivity index (χ0n) is 10.6. The zero-order valence-corrected chi connectivity index (χ0v) is 10.6. The van der Waals surface area contributed by atoms with Gasteiger partial charge in [0, 0.05) is 12.1 Å². The zero-order chi connectivity index (χ0) is 15.6. The number of carbonyl (C=O) groups is 2. The molecule has 0 fully saturated rings. The van der Waals surface area contributed by atoms with E-state index in [1.54, 1.807) is 0 Å². The van der Waals surface area contributed by atoms with Gasteiger partial charge in [-0.05, 0) is 6.42 Å². The molecule has 1 aromatic rings. The number of carboxylic acid groups (broad SMARTS) is 1. The van der Waals surface area contributed by atoms with Crippen molar-refractivity contribution in [2.45, 2.75) is 12.5 Å². The molecular formula is C13H11F3N2O3. The number of carboxylic acids is 1. The second-order valence-electron chi connectivity index (χ2n) is 4.51. The molecule has 21 heavy (non-hydrogen) atoms. The SMILES string of the molecule is O=C(Nc1c(F)cc(F)cc1F)NC1C=CC(C(=O)O)C1. The molecule has 1 aromatic carbocycles. The fraction of sp³-hybridized carbons (Fsp3) is 0.231. The van der Waals surface area contributed by atoms with Crippen LogP contribution in [0.5, 0.6) is 0 Å². The Morgan fingerprint density at radius 1 is 1.14 bits per heavy atom. The van der Waals surface area contributed by atoms with Crippen LogP contribution < -0.4 is 10.6 Å². The average Bonchev–Trinajstić information content (AvgIpc) is 2.82. The normalized spacial score (nSPS) is 20.3. The Morgan fingerprint density at radius 3 is 2.29 bits per heavy atom. The molecule has 1 aliphatic carbocycles. The fourth-order valence-corrected chi connectivity index (χ4v) is 1.97. The maximum atomic E-state index is 13.3. The van der Waals surface area contributed by atoms with Crippen molar-refractivity contribution < 1.29 is 27.9 Å². The van der Waals surface area contributed by atoms with Crippen LogP contribution >= 0.6 is 0 Å². The number of amides is 2. The van der Waals surface area contributed by atoms with E-state index in [2.05, 4.69) is 5.32 Å². The van der Waals surface area contributed by atoms with Crippen LogP contribution in [0.15, 0.2) is 24.3 Å². The standard InChI is InChI=1S/C13H11F3N2O3/c14-7-4-9(15)11(10(16)5-7)18-13(21)17-8-2-1-6(3-8)12(19)20/h1-2,4-6,8H,3H2,(H,19,20)(H2,17,18,21). The van der Waals surface area contributed by atoms with E-state index < -0.39 is 47.1 Å². The second kappa shape index (κ2) is 5.86. The Kier molecular flexibility index (Phi) is 4.15. The highest BCUT2D eigenvalue weighted by molar-refractivity contribution is 5.90. The second-order valence-corrected chi connectivity index (χ2v) is 4.51. The number of benzene rings is 1. The van der Waals surface area contributed by atoms with Crippen molar-refractivity contribution in [3.05, 3.63) is 41.7 Å². The highest BCUT2D eigenvalue weighted by atomic mass is 19.1. The summed E-state index contributed by atoms with van der Waals surface area (Å²) in [5, 5.41) is 13.1. The van der Waals surface area contributed by atoms with Gasteiger partial charge in [-0.25, -0.2) is 18.0 Å². The molecule has 3 N–H and O–H groups in total. The summed E-state index contributed by atoms with van der Waals surface area (Å²) in [5.74, 6) is -5.32. The van der Waals surface area contributed by atoms with Gasteiger partial charge in [-0.15, -0.1) is 0 Å². The van der Waals surface area contributed by atoms with E-state index in [9.17, 15) is 22.8 Å². The summed E-state index contributed by atoms with van der Waals surface area (Å²) in [6, 6.07) is -0.596. The number of urea groups is 1. The third-order valence-electron chi connectivity index (χ3n) is 2.96. The summed E-state index contributed by atoms with van der Waals surface area (Å²) < 4.78 is 39.4. The quantitative estimate of drug-likeness (QED) is 0.749. The van der Waals surface area contributed by atoms with E-state index in [-0.39, 0.29) is 6.42 Å². The lowest BCUT2D eigenvalue weighted by molar-refractivity contribution is -0.140. The van der Waals surface area contributed by atoms with Gasteiger partial charge in [0.2, 0.25) is 0 Å². The van der Waals surface area contributed by atoms with Crippen LogP contribution in [0.25, 0.3) is 0 Å². The van der Waals surface area contributed by atoms with Crippen LogP contribution in [0.3, 0.4) is 0 Å². The van der Waals surface area contributed by atoms with Crippen molar-refractivity contribution in [3.8, 4) is 0 Å². The van der Waals surface area contributed by atoms with Gasteiger partial charge in [-0.2, -0.15) is 0 Å². The molecule has 2 unspecified atom stereocenters. The summed E-state index contributed by atoms with van der Waals surface area (Å²) >= 11 is 0. The third-order valence-corrected chi connectivity index (χ3v) is 2.96. The first-order valence-electron chi connectivity index (χ1n) is 6.00. The molecule has 0 aromatic heterocycles. The van der Waals surface area contributed by atoms with E-state index in [0.717, 1.165) is 0 Å². The maximum absolute atomic E-state index is 13.3. The molecule has 0 bridgehead atoms. The van der Waals surface area contributed by atoms with E-state index in [1.807, 2.05) is 5.32 Å². The van der Waals surface area contributed by atoms with E-state index >= 15 is 0 Å². The molecule has 2 rings (SSSR count). The molecule has 2 amide bonds. The molecule has 2 atom stereocenters. The van der Waals surface area contributed by atoms with Gasteiger partial charge in [0.1, 0.15) is 11.5 Å². The van der Waals surface area contributed by atoms with Crippen LogP contribution in [-0.2, 0) is 4.79 Å². The number of nitrogens with one attached hydrogen (secondary N) is 2. The molecule has 0 radical (unpaired) electrons. The lowest BCUT2D eigenvalue weighted by atomic mass is 10.1. The van der Waals surface area contributed by atoms with Gasteiger partial charge in [-0.1, -0.05) is 12.2 Å².